The normalized spacial score (nSPS) is 11.9. The molecule has 0 atom stereocenters. The number of hydrogen-bond donors (Lipinski definition) is 0. The number of hydrogen-bond acceptors (Lipinski definition) is 5. The van der Waals surface area contributed by atoms with Crippen molar-refractivity contribution in [3.8, 4) is 39.9 Å². The molecular formula is C45H34B8N4O2. The first kappa shape index (κ1) is 35.6. The number of fused-ring (bicyclic) bond motifs is 9. The van der Waals surface area contributed by atoms with E-state index in [2.05, 4.69) is 146 Å². The zero-order valence-corrected chi connectivity index (χ0v) is 34.5. The summed E-state index contributed by atoms with van der Waals surface area (Å²) in [6.07, 6.45) is 0. The maximum absolute atomic E-state index is 6.58. The molecule has 0 radical (unpaired) electrons. The molecule has 4 heterocycles. The number of furan rings is 2. The van der Waals surface area contributed by atoms with Crippen LogP contribution in [0.1, 0.15) is 0 Å². The third-order valence-corrected chi connectivity index (χ3v) is 13.3. The van der Waals surface area contributed by atoms with Crippen molar-refractivity contribution in [3.05, 3.63) is 109 Å². The van der Waals surface area contributed by atoms with Gasteiger partial charge in [-0.3, -0.25) is 4.57 Å². The van der Waals surface area contributed by atoms with Gasteiger partial charge in [0, 0.05) is 49.3 Å². The average molecular weight is 749 g/mol. The van der Waals surface area contributed by atoms with Gasteiger partial charge in [0.15, 0.2) is 11.6 Å². The first-order valence-corrected chi connectivity index (χ1v) is 20.3. The van der Waals surface area contributed by atoms with Crippen LogP contribution in [0.2, 0.25) is 0 Å². The summed E-state index contributed by atoms with van der Waals surface area (Å²) in [6, 6.07) is 37.5. The smallest absolute Gasteiger partial charge is 0.238 e. The molecule has 270 valence electrons. The molecule has 0 N–H and O–H groups in total. The van der Waals surface area contributed by atoms with E-state index in [4.69, 9.17) is 23.8 Å². The van der Waals surface area contributed by atoms with Crippen molar-refractivity contribution in [2.75, 3.05) is 0 Å². The molecule has 0 fully saturated rings. The van der Waals surface area contributed by atoms with Crippen molar-refractivity contribution in [1.82, 2.24) is 19.5 Å². The van der Waals surface area contributed by atoms with Gasteiger partial charge in [0.05, 0.1) is 0 Å². The lowest BCUT2D eigenvalue weighted by atomic mass is 9.63. The Morgan fingerprint density at radius 2 is 0.966 bits per heavy atom. The topological polar surface area (TPSA) is 69.9 Å². The minimum absolute atomic E-state index is 0.583. The largest absolute Gasteiger partial charge is 0.456 e. The Morgan fingerprint density at radius 1 is 0.390 bits per heavy atom. The maximum atomic E-state index is 6.58. The fourth-order valence-electron chi connectivity index (χ4n) is 9.44. The average Bonchev–Trinajstić information content (AvgIpc) is 3.96. The Balaban J connectivity index is 1.13. The second kappa shape index (κ2) is 13.0. The van der Waals surface area contributed by atoms with E-state index in [9.17, 15) is 0 Å². The second-order valence-corrected chi connectivity index (χ2v) is 16.2. The molecule has 0 aliphatic heterocycles. The van der Waals surface area contributed by atoms with Crippen LogP contribution in [0.25, 0.3) is 106 Å². The minimum Gasteiger partial charge on any atom is -0.456 e. The van der Waals surface area contributed by atoms with Crippen LogP contribution in [0.3, 0.4) is 0 Å². The quantitative estimate of drug-likeness (QED) is 0.192. The third-order valence-electron chi connectivity index (χ3n) is 13.3. The first-order valence-electron chi connectivity index (χ1n) is 20.3. The molecule has 0 saturated carbocycles. The van der Waals surface area contributed by atoms with Crippen LogP contribution < -0.4 is 43.7 Å². The Morgan fingerprint density at radius 3 is 1.68 bits per heavy atom. The molecule has 14 heteroatoms. The molecule has 11 rings (SSSR count). The molecule has 0 aliphatic rings. The highest BCUT2D eigenvalue weighted by Crippen LogP contribution is 2.39. The van der Waals surface area contributed by atoms with E-state index in [1.54, 1.807) is 0 Å². The van der Waals surface area contributed by atoms with E-state index in [0.717, 1.165) is 77.2 Å². The highest BCUT2D eigenvalue weighted by atomic mass is 16.3. The minimum atomic E-state index is 0.583. The van der Waals surface area contributed by atoms with E-state index in [1.807, 2.05) is 30.3 Å². The van der Waals surface area contributed by atoms with Crippen molar-refractivity contribution in [3.63, 3.8) is 0 Å². The van der Waals surface area contributed by atoms with Crippen LogP contribution >= 0.6 is 0 Å². The second-order valence-electron chi connectivity index (χ2n) is 16.2. The lowest BCUT2D eigenvalue weighted by Crippen LogP contribution is -2.49. The van der Waals surface area contributed by atoms with Gasteiger partial charge in [-0.2, -0.15) is 9.97 Å². The van der Waals surface area contributed by atoms with Crippen molar-refractivity contribution >= 4 is 172 Å². The predicted octanol–water partition coefficient (Wildman–Crippen LogP) is -2.16. The molecule has 0 spiro atoms. The lowest BCUT2D eigenvalue weighted by molar-refractivity contribution is 0.668. The van der Waals surface area contributed by atoms with Gasteiger partial charge in [0.1, 0.15) is 85.1 Å². The Hall–Kier alpha value is -6.53. The fraction of sp³-hybridized carbons (Fsp3) is 0. The van der Waals surface area contributed by atoms with Crippen molar-refractivity contribution in [1.29, 1.82) is 0 Å². The highest BCUT2D eigenvalue weighted by molar-refractivity contribution is 6.71. The zero-order valence-electron chi connectivity index (χ0n) is 34.5. The molecule has 0 amide bonds. The van der Waals surface area contributed by atoms with Gasteiger partial charge in [-0.25, -0.2) is 4.98 Å². The van der Waals surface area contributed by atoms with Gasteiger partial charge in [0.25, 0.3) is 0 Å². The molecule has 0 aliphatic carbocycles. The molecule has 6 nitrogen and oxygen atoms in total. The Kier molecular flexibility index (Phi) is 7.84. The van der Waals surface area contributed by atoms with Crippen molar-refractivity contribution in [2.24, 2.45) is 0 Å². The molecule has 0 bridgehead atoms. The van der Waals surface area contributed by atoms with Crippen LogP contribution in [-0.4, -0.2) is 82.3 Å². The van der Waals surface area contributed by atoms with Crippen LogP contribution in [0, 0.1) is 0 Å². The van der Waals surface area contributed by atoms with Gasteiger partial charge < -0.3 is 8.83 Å². The van der Waals surface area contributed by atoms with Crippen LogP contribution in [0.15, 0.2) is 118 Å². The van der Waals surface area contributed by atoms with Gasteiger partial charge in [-0.15, -0.1) is 10.9 Å². The number of aromatic nitrogens is 4. The Labute approximate surface area is 348 Å². The Bertz CT molecular complexity index is 3540. The molecular weight excluding hydrogens is 715 g/mol. The number of para-hydroxylation sites is 2. The summed E-state index contributed by atoms with van der Waals surface area (Å²) in [7, 11) is 17.9. The summed E-state index contributed by atoms with van der Waals surface area (Å²) in [5, 5.41) is 6.83. The zero-order chi connectivity index (χ0) is 40.4. The maximum Gasteiger partial charge on any atom is 0.238 e. The third kappa shape index (κ3) is 5.14. The lowest BCUT2D eigenvalue weighted by Gasteiger charge is -2.16. The summed E-state index contributed by atoms with van der Waals surface area (Å²) >= 11 is 0. The molecule has 7 aromatic carbocycles. The molecule has 0 saturated heterocycles. The molecule has 0 unspecified atom stereocenters. The van der Waals surface area contributed by atoms with Gasteiger partial charge in [-0.05, 0) is 46.7 Å². The van der Waals surface area contributed by atoms with Crippen molar-refractivity contribution < 1.29 is 8.83 Å². The number of benzene rings is 7. The molecule has 4 aromatic heterocycles. The molecule has 11 aromatic rings. The van der Waals surface area contributed by atoms with Crippen LogP contribution in [-0.2, 0) is 0 Å². The highest BCUT2D eigenvalue weighted by Gasteiger charge is 2.25. The van der Waals surface area contributed by atoms with Crippen LogP contribution in [0.5, 0.6) is 0 Å². The monoisotopic (exact) mass is 750 g/mol. The van der Waals surface area contributed by atoms with Crippen LogP contribution in [0.4, 0.5) is 0 Å². The van der Waals surface area contributed by atoms with Crippen molar-refractivity contribution in [2.45, 2.75) is 0 Å². The number of rotatable bonds is 4. The summed E-state index contributed by atoms with van der Waals surface area (Å²) < 4.78 is 15.3. The summed E-state index contributed by atoms with van der Waals surface area (Å²) in [6.45, 7) is 0. The van der Waals surface area contributed by atoms with E-state index in [1.165, 1.54) is 54.5 Å². The standard InChI is InChI=1S/C45H34B8N4O2/c46-32-30-31-33(47)35(49)37(51)39(53)41(31)57(40(30)38(52)36(50)34(32)48)45-55-43(19-7-2-1-3-8-19)54-44(56-45)21-13-15-24-26-17-20(14-16-28(26)58-29(24)18-21)22-10-6-11-25-23-9-4-5-12-27(23)59-42(22)25/h1-18H,46-53H2. The SMILES string of the molecule is Bc1c(B)c(B)c2c(c1B)c1c(B)c(B)c(B)c(B)c1n2-c1nc(-c2ccccc2)nc(-c2ccc3c(c2)oc2ccc(-c4cccc5c4oc4ccccc45)cc23)n1. The van der Waals surface area contributed by atoms with E-state index >= 15 is 0 Å². The van der Waals surface area contributed by atoms with E-state index in [-0.39, 0.29) is 0 Å². The van der Waals surface area contributed by atoms with E-state index in [0.29, 0.717) is 17.6 Å². The molecule has 59 heavy (non-hydrogen) atoms. The summed E-state index contributed by atoms with van der Waals surface area (Å²) in [4.78, 5) is 15.8. The first-order chi connectivity index (χ1) is 28.6. The fourth-order valence-corrected chi connectivity index (χ4v) is 9.44. The summed E-state index contributed by atoms with van der Waals surface area (Å²) in [5.41, 5.74) is 19.8. The summed E-state index contributed by atoms with van der Waals surface area (Å²) in [5.74, 6) is 1.80. The van der Waals surface area contributed by atoms with E-state index < -0.39 is 0 Å². The van der Waals surface area contributed by atoms with Gasteiger partial charge in [-0.1, -0.05) is 112 Å². The van der Waals surface area contributed by atoms with Gasteiger partial charge in [0.2, 0.25) is 5.95 Å². The van der Waals surface area contributed by atoms with Gasteiger partial charge >= 0.3 is 0 Å². The number of nitrogens with zero attached hydrogens (tertiary/aromatic N) is 4. The predicted molar refractivity (Wildman–Crippen MR) is 270 cm³/mol.